The van der Waals surface area contributed by atoms with Crippen LogP contribution in [0.15, 0.2) is 12.3 Å². The Morgan fingerprint density at radius 3 is 2.52 bits per heavy atom. The van der Waals surface area contributed by atoms with Gasteiger partial charge in [0.25, 0.3) is 0 Å². The minimum Gasteiger partial charge on any atom is -0.488 e. The Morgan fingerprint density at radius 2 is 1.91 bits per heavy atom. The Balaban J connectivity index is 1.80. The largest absolute Gasteiger partial charge is 0.488 e. The van der Waals surface area contributed by atoms with Crippen molar-refractivity contribution in [3.8, 4) is 5.75 Å². The third kappa shape index (κ3) is 5.19. The van der Waals surface area contributed by atoms with Crippen molar-refractivity contribution in [3.05, 3.63) is 12.3 Å². The molecule has 23 heavy (non-hydrogen) atoms. The van der Waals surface area contributed by atoms with Crippen molar-refractivity contribution in [1.29, 1.82) is 0 Å². The van der Waals surface area contributed by atoms with Gasteiger partial charge in [0, 0.05) is 18.3 Å². The lowest BCUT2D eigenvalue weighted by molar-refractivity contribution is 0.0471. The molecule has 0 radical (unpaired) electrons. The summed E-state index contributed by atoms with van der Waals surface area (Å²) in [6.45, 7) is 5.55. The first kappa shape index (κ1) is 17.2. The maximum atomic E-state index is 11.8. The number of nitrogens with zero attached hydrogens (tertiary/aromatic N) is 1. The molecule has 1 amide bonds. The molecule has 0 bridgehead atoms. The van der Waals surface area contributed by atoms with Gasteiger partial charge < -0.3 is 26.3 Å². The third-order valence-corrected chi connectivity index (χ3v) is 3.67. The lowest BCUT2D eigenvalue weighted by Gasteiger charge is -2.30. The molecular weight excluding hydrogens is 296 g/mol. The van der Waals surface area contributed by atoms with Crippen molar-refractivity contribution in [2.45, 2.75) is 64.2 Å². The summed E-state index contributed by atoms with van der Waals surface area (Å²) in [5.74, 6) is 0.851. The number of aromatic nitrogens is 1. The molecule has 1 heterocycles. The molecule has 128 valence electrons. The molecule has 1 aliphatic rings. The monoisotopic (exact) mass is 322 g/mol. The van der Waals surface area contributed by atoms with Crippen LogP contribution in [0.5, 0.6) is 5.75 Å². The van der Waals surface area contributed by atoms with Gasteiger partial charge in [-0.05, 0) is 46.5 Å². The zero-order valence-electron chi connectivity index (χ0n) is 14.0. The maximum absolute atomic E-state index is 11.8. The van der Waals surface area contributed by atoms with Gasteiger partial charge in [-0.15, -0.1) is 0 Å². The highest BCUT2D eigenvalue weighted by Gasteiger charge is 2.26. The summed E-state index contributed by atoms with van der Waals surface area (Å²) >= 11 is 0. The molecule has 0 aromatic carbocycles. The number of amides is 1. The number of carbonyl (C=O) groups excluding carboxylic acids is 1. The quantitative estimate of drug-likeness (QED) is 0.788. The summed E-state index contributed by atoms with van der Waals surface area (Å²) in [7, 11) is 0. The van der Waals surface area contributed by atoms with Gasteiger partial charge in [-0.3, -0.25) is 0 Å². The Hall–Kier alpha value is -2.18. The average Bonchev–Trinajstić information content (AvgIpc) is 2.44. The molecule has 0 aliphatic heterocycles. The lowest BCUT2D eigenvalue weighted by Crippen LogP contribution is -2.42. The van der Waals surface area contributed by atoms with Crippen LogP contribution in [-0.4, -0.2) is 28.8 Å². The Bertz CT molecular complexity index is 549. The second-order valence-corrected chi connectivity index (χ2v) is 6.85. The van der Waals surface area contributed by atoms with Gasteiger partial charge in [-0.2, -0.15) is 0 Å². The van der Waals surface area contributed by atoms with E-state index in [9.17, 15) is 4.79 Å². The summed E-state index contributed by atoms with van der Waals surface area (Å²) in [5, 5.41) is 2.91. The van der Waals surface area contributed by atoms with E-state index in [2.05, 4.69) is 10.3 Å². The van der Waals surface area contributed by atoms with E-state index >= 15 is 0 Å². The Labute approximate surface area is 136 Å². The fraction of sp³-hybridized carbons (Fsp3) is 0.625. The summed E-state index contributed by atoms with van der Waals surface area (Å²) in [5.41, 5.74) is 11.4. The number of rotatable bonds is 3. The van der Waals surface area contributed by atoms with Gasteiger partial charge in [0.2, 0.25) is 0 Å². The molecule has 1 aromatic heterocycles. The zero-order valence-corrected chi connectivity index (χ0v) is 14.0. The third-order valence-electron chi connectivity index (χ3n) is 3.67. The number of anilines is 2. The van der Waals surface area contributed by atoms with Crippen LogP contribution in [0.25, 0.3) is 0 Å². The predicted octanol–water partition coefficient (Wildman–Crippen LogP) is 2.46. The van der Waals surface area contributed by atoms with Crippen LogP contribution in [0.3, 0.4) is 0 Å². The molecule has 1 fully saturated rings. The number of pyridine rings is 1. The number of nitrogens with two attached hydrogens (primary N) is 2. The lowest BCUT2D eigenvalue weighted by atomic mass is 9.93. The molecule has 0 unspecified atom stereocenters. The predicted molar refractivity (Wildman–Crippen MR) is 89.1 cm³/mol. The van der Waals surface area contributed by atoms with Gasteiger partial charge in [0.1, 0.15) is 22.9 Å². The fourth-order valence-corrected chi connectivity index (χ4v) is 2.55. The highest BCUT2D eigenvalue weighted by atomic mass is 16.6. The smallest absolute Gasteiger partial charge is 0.407 e. The van der Waals surface area contributed by atoms with Crippen LogP contribution in [-0.2, 0) is 4.74 Å². The molecule has 0 saturated heterocycles. The average molecular weight is 322 g/mol. The van der Waals surface area contributed by atoms with E-state index in [1.165, 1.54) is 0 Å². The van der Waals surface area contributed by atoms with E-state index in [4.69, 9.17) is 20.9 Å². The van der Waals surface area contributed by atoms with Crippen molar-refractivity contribution in [2.24, 2.45) is 0 Å². The van der Waals surface area contributed by atoms with Crippen molar-refractivity contribution in [1.82, 2.24) is 10.3 Å². The molecule has 0 spiro atoms. The molecule has 1 aromatic rings. The molecule has 1 saturated carbocycles. The molecular formula is C16H26N4O3. The summed E-state index contributed by atoms with van der Waals surface area (Å²) in [4.78, 5) is 15.7. The van der Waals surface area contributed by atoms with E-state index in [0.717, 1.165) is 25.7 Å². The van der Waals surface area contributed by atoms with E-state index in [0.29, 0.717) is 11.4 Å². The zero-order chi connectivity index (χ0) is 17.0. The second-order valence-electron chi connectivity index (χ2n) is 6.85. The molecule has 5 N–H and O–H groups in total. The topological polar surface area (TPSA) is 112 Å². The first-order valence-electron chi connectivity index (χ1n) is 7.91. The van der Waals surface area contributed by atoms with E-state index in [1.54, 1.807) is 12.3 Å². The number of nitrogens with one attached hydrogen (secondary N) is 1. The summed E-state index contributed by atoms with van der Waals surface area (Å²) in [6.07, 6.45) is 4.62. The Kier molecular flexibility index (Phi) is 5.18. The Morgan fingerprint density at radius 1 is 1.26 bits per heavy atom. The van der Waals surface area contributed by atoms with Crippen molar-refractivity contribution in [3.63, 3.8) is 0 Å². The van der Waals surface area contributed by atoms with E-state index in [1.807, 2.05) is 20.8 Å². The molecule has 7 nitrogen and oxygen atoms in total. The molecule has 1 aliphatic carbocycles. The number of ether oxygens (including phenoxy) is 2. The van der Waals surface area contributed by atoms with Crippen LogP contribution in [0.2, 0.25) is 0 Å². The van der Waals surface area contributed by atoms with Gasteiger partial charge in [-0.25, -0.2) is 9.78 Å². The normalized spacial score (nSPS) is 21.5. The minimum atomic E-state index is -0.483. The van der Waals surface area contributed by atoms with Gasteiger partial charge in [0.05, 0.1) is 6.10 Å². The van der Waals surface area contributed by atoms with Gasteiger partial charge in [0.15, 0.2) is 0 Å². The molecule has 7 heteroatoms. The number of hydrogen-bond acceptors (Lipinski definition) is 6. The van der Waals surface area contributed by atoms with Crippen molar-refractivity contribution in [2.75, 3.05) is 11.5 Å². The molecule has 2 rings (SSSR count). The first-order valence-corrected chi connectivity index (χ1v) is 7.91. The SMILES string of the molecule is CC(C)(C)OC(=O)NC1CCC(Oc2ccnc(N)c2N)CC1. The second kappa shape index (κ2) is 6.93. The highest BCUT2D eigenvalue weighted by Crippen LogP contribution is 2.29. The van der Waals surface area contributed by atoms with Gasteiger partial charge >= 0.3 is 6.09 Å². The number of hydrogen-bond donors (Lipinski definition) is 3. The van der Waals surface area contributed by atoms with Crippen molar-refractivity contribution >= 4 is 17.6 Å². The first-order chi connectivity index (χ1) is 10.7. The van der Waals surface area contributed by atoms with Crippen LogP contribution in [0.4, 0.5) is 16.3 Å². The number of nitrogen functional groups attached to an aromatic ring is 2. The number of alkyl carbamates (subject to hydrolysis) is 1. The fourth-order valence-electron chi connectivity index (χ4n) is 2.55. The number of carbonyl (C=O) groups is 1. The van der Waals surface area contributed by atoms with Crippen LogP contribution >= 0.6 is 0 Å². The van der Waals surface area contributed by atoms with Gasteiger partial charge in [-0.1, -0.05) is 0 Å². The maximum Gasteiger partial charge on any atom is 0.407 e. The molecule has 0 atom stereocenters. The van der Waals surface area contributed by atoms with E-state index < -0.39 is 5.60 Å². The highest BCUT2D eigenvalue weighted by molar-refractivity contribution is 5.68. The van der Waals surface area contributed by atoms with E-state index in [-0.39, 0.29) is 24.1 Å². The van der Waals surface area contributed by atoms with Crippen LogP contribution in [0, 0.1) is 0 Å². The van der Waals surface area contributed by atoms with Crippen LogP contribution < -0.4 is 21.5 Å². The summed E-state index contributed by atoms with van der Waals surface area (Å²) in [6, 6.07) is 1.83. The minimum absolute atomic E-state index is 0.0655. The van der Waals surface area contributed by atoms with Crippen LogP contribution in [0.1, 0.15) is 46.5 Å². The standard InChI is InChI=1S/C16H26N4O3/c1-16(2,3)23-15(21)20-10-4-6-11(7-5-10)22-12-8-9-19-14(18)13(12)17/h8-11H,4-7,17H2,1-3H3,(H2,18,19)(H,20,21). The van der Waals surface area contributed by atoms with Crippen molar-refractivity contribution < 1.29 is 14.3 Å². The summed E-state index contributed by atoms with van der Waals surface area (Å²) < 4.78 is 11.2.